The van der Waals surface area contributed by atoms with Gasteiger partial charge in [0.25, 0.3) is 11.8 Å². The number of benzene rings is 5. The van der Waals surface area contributed by atoms with E-state index in [1.165, 1.54) is 35.6 Å². The van der Waals surface area contributed by atoms with Crippen LogP contribution in [0.2, 0.25) is 0 Å². The Bertz CT molecular complexity index is 2760. The average Bonchev–Trinajstić information content (AvgIpc) is 3.89. The molecule has 18 heteroatoms. The molecule has 8 rings (SSSR count). The zero-order valence-electron chi connectivity index (χ0n) is 37.4. The van der Waals surface area contributed by atoms with Gasteiger partial charge in [-0.1, -0.05) is 115 Å². The van der Waals surface area contributed by atoms with Gasteiger partial charge in [-0.25, -0.2) is 9.59 Å². The third-order valence-corrected chi connectivity index (χ3v) is 12.2. The van der Waals surface area contributed by atoms with E-state index in [2.05, 4.69) is 31.9 Å². The van der Waals surface area contributed by atoms with Crippen molar-refractivity contribution in [2.24, 2.45) is 0 Å². The standard InChI is InChI=1S/C52H50N6O11S/c59-44-45(60)50(65)57-42(29-39-12-7-25-70-39)48(63)56-41(27-32-13-17-35(18-14-32)36-19-23-38(24-20-36)54-52(68)69-30-34-10-5-2-6-11-34)46(61)55-40(26-31-8-3-1-4-9-31)47(62)58-43(51(66)67)28-33-15-21-37(22-16-33)53-49(44)64/h1-25,40-45,59-60H,26-30H2,(H,53,64)(H,54,68)(H,55,61)(H,56,63)(H,57,65)(H,58,62)(H,66,67)/t40-,41+,42-,43+,44-,45-/m1/s1. The Hall–Kier alpha value is -8.19. The highest BCUT2D eigenvalue weighted by atomic mass is 32.1. The fourth-order valence-corrected chi connectivity index (χ4v) is 8.29. The molecule has 360 valence electrons. The lowest BCUT2D eigenvalue weighted by molar-refractivity contribution is -0.145. The highest BCUT2D eigenvalue weighted by Gasteiger charge is 2.36. The first-order valence-corrected chi connectivity index (χ1v) is 23.1. The minimum Gasteiger partial charge on any atom is -0.480 e. The normalized spacial score (nSPS) is 20.3. The Labute approximate surface area is 406 Å². The zero-order chi connectivity index (χ0) is 49.6. The number of aliphatic carboxylic acids is 1. The van der Waals surface area contributed by atoms with Gasteiger partial charge in [-0.15, -0.1) is 11.3 Å². The SMILES string of the molecule is O=C(Nc1ccc(-c2ccc(C[C@@H]3NC(=O)[C@@H](Cc4cccs4)NC(=O)[C@H](O)[C@@H](O)C(=O)Nc4ccc(cc4)C[C@@H](C(=O)O)NC(=O)[C@@H](Cc4ccccc4)NC3=O)cc2)cc1)OCc1ccccc1. The number of thiophene rings is 1. The topological polar surface area (TPSA) is 262 Å². The number of aliphatic hydroxyl groups is 2. The van der Waals surface area contributed by atoms with Crippen LogP contribution in [0.4, 0.5) is 16.2 Å². The second-order valence-electron chi connectivity index (χ2n) is 16.5. The smallest absolute Gasteiger partial charge is 0.411 e. The first kappa shape index (κ1) is 49.7. The summed E-state index contributed by atoms with van der Waals surface area (Å²) >= 11 is 1.27. The molecule has 2 aliphatic heterocycles. The molecule has 0 unspecified atom stereocenters. The van der Waals surface area contributed by atoms with E-state index in [1.807, 2.05) is 30.3 Å². The van der Waals surface area contributed by atoms with Gasteiger partial charge in [-0.3, -0.25) is 29.3 Å². The summed E-state index contributed by atoms with van der Waals surface area (Å²) in [5, 5.41) is 49.2. The van der Waals surface area contributed by atoms with Crippen molar-refractivity contribution in [1.82, 2.24) is 21.3 Å². The predicted octanol–water partition coefficient (Wildman–Crippen LogP) is 4.13. The molecule has 6 aromatic rings. The monoisotopic (exact) mass is 966 g/mol. The van der Waals surface area contributed by atoms with Crippen LogP contribution in [0.3, 0.4) is 0 Å². The number of aliphatic hydroxyl groups excluding tert-OH is 2. The first-order valence-electron chi connectivity index (χ1n) is 22.2. The number of nitrogens with one attached hydrogen (secondary N) is 6. The Balaban J connectivity index is 1.16. The lowest BCUT2D eigenvalue weighted by atomic mass is 9.98. The Morgan fingerprint density at radius 2 is 1.07 bits per heavy atom. The van der Waals surface area contributed by atoms with E-state index in [1.54, 1.807) is 96.4 Å². The summed E-state index contributed by atoms with van der Waals surface area (Å²) in [6, 6.07) is 35.7. The lowest BCUT2D eigenvalue weighted by Crippen LogP contribution is -2.60. The van der Waals surface area contributed by atoms with Crippen LogP contribution in [-0.2, 0) is 65.8 Å². The van der Waals surface area contributed by atoms with Gasteiger partial charge in [0.15, 0.2) is 12.2 Å². The van der Waals surface area contributed by atoms with Crippen molar-refractivity contribution in [3.05, 3.63) is 178 Å². The van der Waals surface area contributed by atoms with E-state index >= 15 is 0 Å². The molecule has 0 saturated carbocycles. The first-order chi connectivity index (χ1) is 33.8. The summed E-state index contributed by atoms with van der Waals surface area (Å²) in [6.07, 6.45) is -5.74. The zero-order valence-corrected chi connectivity index (χ0v) is 38.3. The molecule has 0 aliphatic carbocycles. The summed E-state index contributed by atoms with van der Waals surface area (Å²) in [7, 11) is 0. The third-order valence-electron chi connectivity index (χ3n) is 11.4. The Kier molecular flexibility index (Phi) is 16.8. The maximum absolute atomic E-state index is 14.6. The van der Waals surface area contributed by atoms with Crippen molar-refractivity contribution in [2.75, 3.05) is 10.6 Å². The van der Waals surface area contributed by atoms with Crippen molar-refractivity contribution < 1.29 is 53.6 Å². The fraction of sp³-hybridized carbons (Fsp3) is 0.212. The number of fused-ring (bicyclic) bond motifs is 18. The largest absolute Gasteiger partial charge is 0.480 e. The third kappa shape index (κ3) is 13.9. The van der Waals surface area contributed by atoms with Crippen LogP contribution < -0.4 is 31.9 Å². The molecule has 0 fully saturated rings. The molecular weight excluding hydrogens is 917 g/mol. The van der Waals surface area contributed by atoms with Crippen LogP contribution in [0.5, 0.6) is 0 Å². The van der Waals surface area contributed by atoms with Gasteiger partial charge in [0, 0.05) is 41.9 Å². The van der Waals surface area contributed by atoms with E-state index in [0.717, 1.165) is 16.7 Å². The predicted molar refractivity (Wildman–Crippen MR) is 260 cm³/mol. The maximum atomic E-state index is 14.6. The van der Waals surface area contributed by atoms with Gasteiger partial charge in [0.2, 0.25) is 17.7 Å². The van der Waals surface area contributed by atoms with Crippen LogP contribution in [0, 0.1) is 0 Å². The molecule has 3 heterocycles. The second-order valence-corrected chi connectivity index (χ2v) is 17.5. The van der Waals surface area contributed by atoms with Crippen LogP contribution in [0.1, 0.15) is 27.1 Å². The van der Waals surface area contributed by atoms with E-state index in [0.29, 0.717) is 27.3 Å². The van der Waals surface area contributed by atoms with Crippen LogP contribution in [0.25, 0.3) is 11.1 Å². The van der Waals surface area contributed by atoms with Crippen molar-refractivity contribution in [2.45, 2.75) is 68.7 Å². The number of carboxylic acids is 1. The number of hydrogen-bond acceptors (Lipinski definition) is 11. The Morgan fingerprint density at radius 3 is 1.64 bits per heavy atom. The van der Waals surface area contributed by atoms with Gasteiger partial charge < -0.3 is 46.6 Å². The minimum atomic E-state index is -2.33. The molecule has 70 heavy (non-hydrogen) atoms. The highest BCUT2D eigenvalue weighted by Crippen LogP contribution is 2.23. The quantitative estimate of drug-likeness (QED) is 0.0834. The summed E-state index contributed by atoms with van der Waals surface area (Å²) in [5.41, 5.74) is 4.72. The number of anilines is 2. The molecule has 2 bridgehead atoms. The van der Waals surface area contributed by atoms with Gasteiger partial charge in [0.1, 0.15) is 30.8 Å². The summed E-state index contributed by atoms with van der Waals surface area (Å²) < 4.78 is 5.32. The van der Waals surface area contributed by atoms with Crippen molar-refractivity contribution in [3.8, 4) is 11.1 Å². The molecule has 2 aliphatic rings. The molecule has 6 amide bonds. The number of carboxylic acid groups (broad SMARTS) is 1. The number of carbonyl (C=O) groups excluding carboxylic acids is 6. The van der Waals surface area contributed by atoms with Crippen LogP contribution >= 0.6 is 11.3 Å². The summed E-state index contributed by atoms with van der Waals surface area (Å²) in [5.74, 6) is -6.26. The van der Waals surface area contributed by atoms with Gasteiger partial charge in [-0.05, 0) is 69.1 Å². The van der Waals surface area contributed by atoms with Gasteiger partial charge >= 0.3 is 12.1 Å². The molecule has 1 aromatic heterocycles. The fourth-order valence-electron chi connectivity index (χ4n) is 7.54. The number of rotatable bonds is 11. The second kappa shape index (κ2) is 23.7. The van der Waals surface area contributed by atoms with Crippen LogP contribution in [0.15, 0.2) is 151 Å². The van der Waals surface area contributed by atoms with Crippen molar-refractivity contribution in [1.29, 1.82) is 0 Å². The summed E-state index contributed by atoms with van der Waals surface area (Å²) in [4.78, 5) is 95.2. The maximum Gasteiger partial charge on any atom is 0.411 e. The van der Waals surface area contributed by atoms with Gasteiger partial charge in [0.05, 0.1) is 0 Å². The highest BCUT2D eigenvalue weighted by molar-refractivity contribution is 7.09. The van der Waals surface area contributed by atoms with E-state index < -0.39 is 78.0 Å². The molecular formula is C52H50N6O11S. The van der Waals surface area contributed by atoms with E-state index in [-0.39, 0.29) is 38.0 Å². The van der Waals surface area contributed by atoms with Crippen molar-refractivity contribution in [3.63, 3.8) is 0 Å². The number of amides is 6. The molecule has 0 spiro atoms. The van der Waals surface area contributed by atoms with E-state index in [9.17, 15) is 48.9 Å². The van der Waals surface area contributed by atoms with Crippen molar-refractivity contribution >= 4 is 64.3 Å². The molecule has 9 N–H and O–H groups in total. The molecule has 0 radical (unpaired) electrons. The minimum absolute atomic E-state index is 0.0605. The van der Waals surface area contributed by atoms with E-state index in [4.69, 9.17) is 4.74 Å². The number of carbonyl (C=O) groups is 7. The molecule has 6 atom stereocenters. The number of ether oxygens (including phenoxy) is 1. The average molecular weight is 967 g/mol. The van der Waals surface area contributed by atoms with Gasteiger partial charge in [-0.2, -0.15) is 0 Å². The lowest BCUT2D eigenvalue weighted by Gasteiger charge is -2.27. The summed E-state index contributed by atoms with van der Waals surface area (Å²) in [6.45, 7) is 0.110. The Morgan fingerprint density at radius 1 is 0.557 bits per heavy atom. The van der Waals surface area contributed by atoms with Crippen LogP contribution in [-0.4, -0.2) is 93.3 Å². The molecule has 5 aromatic carbocycles. The molecule has 17 nitrogen and oxygen atoms in total. The molecule has 0 saturated heterocycles. The number of hydrogen-bond donors (Lipinski definition) is 9.